The number of rotatable bonds is 3. The second-order valence-electron chi connectivity index (χ2n) is 8.42. The zero-order valence-corrected chi connectivity index (χ0v) is 16.3. The zero-order chi connectivity index (χ0) is 20.9. The van der Waals surface area contributed by atoms with Crippen molar-refractivity contribution in [2.75, 3.05) is 44.2 Å². The minimum Gasteiger partial charge on any atom is -0.370 e. The maximum absolute atomic E-state index is 12.7. The van der Waals surface area contributed by atoms with Crippen molar-refractivity contribution in [1.82, 2.24) is 25.0 Å². The van der Waals surface area contributed by atoms with Crippen LogP contribution in [0.3, 0.4) is 0 Å². The number of hydrogen-bond donors (Lipinski definition) is 1. The molecule has 3 aliphatic rings. The molecule has 1 N–H and O–H groups in total. The number of carbonyl (C=O) groups excluding carboxylic acids is 1. The van der Waals surface area contributed by atoms with E-state index in [0.29, 0.717) is 19.6 Å². The van der Waals surface area contributed by atoms with Crippen LogP contribution >= 0.6 is 0 Å². The van der Waals surface area contributed by atoms with Crippen LogP contribution < -0.4 is 4.90 Å². The predicted octanol–water partition coefficient (Wildman–Crippen LogP) is 2.81. The lowest BCUT2D eigenvalue weighted by molar-refractivity contribution is -0.180. The van der Waals surface area contributed by atoms with Gasteiger partial charge in [0.1, 0.15) is 12.2 Å². The Kier molecular flexibility index (Phi) is 4.59. The summed E-state index contributed by atoms with van der Waals surface area (Å²) in [5, 5.41) is 6.76. The highest BCUT2D eigenvalue weighted by atomic mass is 19.4. The first kappa shape index (κ1) is 19.2. The molecule has 3 fully saturated rings. The Morgan fingerprint density at radius 1 is 1.00 bits per heavy atom. The fourth-order valence-corrected chi connectivity index (χ4v) is 4.47. The molecule has 160 valence electrons. The topological polar surface area (TPSA) is 68.4 Å². The van der Waals surface area contributed by atoms with Crippen molar-refractivity contribution in [1.29, 1.82) is 0 Å². The van der Waals surface area contributed by atoms with Crippen molar-refractivity contribution in [3.63, 3.8) is 0 Å². The first-order valence-corrected chi connectivity index (χ1v) is 10.2. The summed E-state index contributed by atoms with van der Waals surface area (Å²) in [5.41, 5.74) is 1.94. The van der Waals surface area contributed by atoms with Gasteiger partial charge >= 0.3 is 12.2 Å². The molecule has 2 aromatic rings. The molecule has 0 aliphatic carbocycles. The van der Waals surface area contributed by atoms with E-state index in [1.807, 2.05) is 34.1 Å². The molecule has 7 nitrogen and oxygen atoms in total. The van der Waals surface area contributed by atoms with Crippen LogP contribution in [0.1, 0.15) is 29.6 Å². The Hall–Kier alpha value is -2.78. The first-order valence-electron chi connectivity index (χ1n) is 10.2. The van der Waals surface area contributed by atoms with E-state index < -0.39 is 12.1 Å². The summed E-state index contributed by atoms with van der Waals surface area (Å²) in [7, 11) is 0. The van der Waals surface area contributed by atoms with Gasteiger partial charge in [-0.2, -0.15) is 18.3 Å². The van der Waals surface area contributed by atoms with E-state index >= 15 is 0 Å². The number of anilines is 1. The second-order valence-corrected chi connectivity index (χ2v) is 8.42. The fourth-order valence-electron chi connectivity index (χ4n) is 4.47. The van der Waals surface area contributed by atoms with Crippen LogP contribution in [0.4, 0.5) is 23.7 Å². The molecule has 4 heterocycles. The smallest absolute Gasteiger partial charge is 0.370 e. The Morgan fingerprint density at radius 2 is 1.70 bits per heavy atom. The van der Waals surface area contributed by atoms with Crippen LogP contribution in [-0.4, -0.2) is 76.5 Å². The van der Waals surface area contributed by atoms with Crippen molar-refractivity contribution >= 4 is 11.7 Å². The van der Waals surface area contributed by atoms with Crippen LogP contribution in [0.2, 0.25) is 0 Å². The van der Waals surface area contributed by atoms with E-state index in [-0.39, 0.29) is 31.0 Å². The number of nitrogens with one attached hydrogen (secondary N) is 1. The summed E-state index contributed by atoms with van der Waals surface area (Å²) < 4.78 is 38.0. The van der Waals surface area contributed by atoms with E-state index in [1.54, 1.807) is 4.90 Å². The van der Waals surface area contributed by atoms with Crippen LogP contribution in [0.5, 0.6) is 0 Å². The molecular formula is C20H23F3N6O. The van der Waals surface area contributed by atoms with Crippen molar-refractivity contribution in [3.8, 4) is 0 Å². The van der Waals surface area contributed by atoms with Gasteiger partial charge in [0.15, 0.2) is 0 Å². The fraction of sp³-hybridized carbons (Fsp3) is 0.550. The molecule has 1 aromatic heterocycles. The Labute approximate surface area is 171 Å². The van der Waals surface area contributed by atoms with E-state index in [1.165, 1.54) is 6.33 Å². The quantitative estimate of drug-likeness (QED) is 0.829. The summed E-state index contributed by atoms with van der Waals surface area (Å²) in [5.74, 6) is 0.0859. The molecule has 1 atom stereocenters. The molecule has 2 amide bonds. The minimum absolute atomic E-state index is 0.0272. The highest BCUT2D eigenvalue weighted by Crippen LogP contribution is 2.37. The number of halogens is 3. The highest BCUT2D eigenvalue weighted by molar-refractivity contribution is 5.76. The lowest BCUT2D eigenvalue weighted by atomic mass is 9.91. The number of benzene rings is 1. The molecule has 0 spiro atoms. The zero-order valence-electron chi connectivity index (χ0n) is 16.3. The van der Waals surface area contributed by atoms with Crippen molar-refractivity contribution < 1.29 is 18.0 Å². The molecular weight excluding hydrogens is 397 g/mol. The monoisotopic (exact) mass is 420 g/mol. The molecule has 0 bridgehead atoms. The van der Waals surface area contributed by atoms with Gasteiger partial charge in [0.2, 0.25) is 0 Å². The SMILES string of the molecule is O=C(N1CC(c2ccc(N3CC(C(F)(F)F)C3)cc2)C1)N1CC[C@H](c2ncn[nH]2)C1. The van der Waals surface area contributed by atoms with E-state index in [9.17, 15) is 18.0 Å². The molecule has 5 rings (SSSR count). The van der Waals surface area contributed by atoms with Crippen molar-refractivity contribution in [2.45, 2.75) is 24.4 Å². The summed E-state index contributed by atoms with van der Waals surface area (Å²) in [6.07, 6.45) is -1.74. The van der Waals surface area contributed by atoms with Crippen LogP contribution in [0.15, 0.2) is 30.6 Å². The predicted molar refractivity (Wildman–Crippen MR) is 103 cm³/mol. The van der Waals surface area contributed by atoms with Crippen LogP contribution in [0, 0.1) is 5.92 Å². The number of aromatic nitrogens is 3. The molecule has 3 saturated heterocycles. The van der Waals surface area contributed by atoms with Gasteiger partial charge in [0.05, 0.1) is 5.92 Å². The van der Waals surface area contributed by atoms with Gasteiger partial charge in [-0.05, 0) is 24.1 Å². The summed E-state index contributed by atoms with van der Waals surface area (Å²) in [6.45, 7) is 2.76. The number of nitrogens with zero attached hydrogens (tertiary/aromatic N) is 5. The number of urea groups is 1. The number of likely N-dealkylation sites (tertiary alicyclic amines) is 2. The van der Waals surface area contributed by atoms with E-state index in [2.05, 4.69) is 15.2 Å². The number of alkyl halides is 3. The third-order valence-corrected chi connectivity index (χ3v) is 6.51. The number of aromatic amines is 1. The first-order chi connectivity index (χ1) is 14.4. The Balaban J connectivity index is 1.11. The standard InChI is InChI=1S/C20H23F3N6O/c21-20(22,23)16-10-28(11-16)17-3-1-13(2-4-17)15-8-29(9-15)19(30)27-6-5-14(7-27)18-24-12-25-26-18/h1-4,12,14-16H,5-11H2,(H,24,25,26)/t14-/m0/s1. The van der Waals surface area contributed by atoms with E-state index in [4.69, 9.17) is 0 Å². The molecule has 10 heteroatoms. The van der Waals surface area contributed by atoms with E-state index in [0.717, 1.165) is 30.0 Å². The minimum atomic E-state index is -4.11. The molecule has 1 aromatic carbocycles. The Morgan fingerprint density at radius 3 is 2.33 bits per heavy atom. The summed E-state index contributed by atoms with van der Waals surface area (Å²) in [4.78, 5) is 22.4. The molecule has 3 aliphatic heterocycles. The van der Waals surface area contributed by atoms with Crippen molar-refractivity contribution in [2.24, 2.45) is 5.92 Å². The molecule has 0 unspecified atom stereocenters. The van der Waals surface area contributed by atoms with Gasteiger partial charge in [-0.3, -0.25) is 5.10 Å². The summed E-state index contributed by atoms with van der Waals surface area (Å²) in [6, 6.07) is 7.77. The molecule has 0 radical (unpaired) electrons. The maximum Gasteiger partial charge on any atom is 0.395 e. The number of amides is 2. The number of carbonyl (C=O) groups is 1. The summed E-state index contributed by atoms with van der Waals surface area (Å²) >= 11 is 0. The van der Waals surface area contributed by atoms with Gasteiger partial charge < -0.3 is 14.7 Å². The second kappa shape index (κ2) is 7.17. The van der Waals surface area contributed by atoms with Gasteiger partial charge in [0.25, 0.3) is 0 Å². The third kappa shape index (κ3) is 3.48. The third-order valence-electron chi connectivity index (χ3n) is 6.51. The molecule has 30 heavy (non-hydrogen) atoms. The van der Waals surface area contributed by atoms with Gasteiger partial charge in [-0.25, -0.2) is 9.78 Å². The highest BCUT2D eigenvalue weighted by Gasteiger charge is 2.47. The largest absolute Gasteiger partial charge is 0.395 e. The maximum atomic E-state index is 12.7. The lowest BCUT2D eigenvalue weighted by Gasteiger charge is -2.43. The average Bonchev–Trinajstić information content (AvgIpc) is 3.31. The van der Waals surface area contributed by atoms with Gasteiger partial charge in [0, 0.05) is 56.8 Å². The lowest BCUT2D eigenvalue weighted by Crippen LogP contribution is -2.53. The van der Waals surface area contributed by atoms with Gasteiger partial charge in [-0.15, -0.1) is 0 Å². The molecule has 0 saturated carbocycles. The number of H-pyrrole nitrogens is 1. The van der Waals surface area contributed by atoms with Crippen molar-refractivity contribution in [3.05, 3.63) is 42.0 Å². The van der Waals surface area contributed by atoms with Crippen LogP contribution in [-0.2, 0) is 0 Å². The Bertz CT molecular complexity index is 888. The van der Waals surface area contributed by atoms with Crippen LogP contribution in [0.25, 0.3) is 0 Å². The average molecular weight is 420 g/mol. The normalized spacial score (nSPS) is 22.9. The van der Waals surface area contributed by atoms with Gasteiger partial charge in [-0.1, -0.05) is 12.1 Å². The number of hydrogen-bond acceptors (Lipinski definition) is 4.